The molecule has 0 saturated carbocycles. The molecular weight excluding hydrogens is 104 g/mol. The number of allylic oxidation sites excluding steroid dienone is 1. The molecule has 46 valence electrons. The zero-order chi connectivity index (χ0) is 6.57. The number of carbonyl (C=O) groups excluding carboxylic acids is 1. The predicted octanol–water partition coefficient (Wildman–Crippen LogP) is -0.623. The van der Waals surface area contributed by atoms with Gasteiger partial charge in [-0.1, -0.05) is 0 Å². The van der Waals surface area contributed by atoms with Crippen molar-refractivity contribution in [1.29, 1.82) is 0 Å². The molecule has 0 aromatic heterocycles. The van der Waals surface area contributed by atoms with Gasteiger partial charge in [0.15, 0.2) is 5.78 Å². The van der Waals surface area contributed by atoms with Crippen molar-refractivity contribution < 1.29 is 4.79 Å². The van der Waals surface area contributed by atoms with Crippen molar-refractivity contribution in [2.24, 2.45) is 11.5 Å². The molecule has 0 fully saturated rings. The number of rotatable bonds is 2. The number of carbonyl (C=O) groups is 1. The smallest absolute Gasteiger partial charge is 0.175 e. The molecule has 0 spiro atoms. The minimum Gasteiger partial charge on any atom is -0.396 e. The summed E-state index contributed by atoms with van der Waals surface area (Å²) in [6, 6.07) is 0. The molecule has 0 aliphatic rings. The highest BCUT2D eigenvalue weighted by Crippen LogP contribution is 1.81. The van der Waals surface area contributed by atoms with E-state index in [-0.39, 0.29) is 11.5 Å². The fourth-order valence-corrected chi connectivity index (χ4v) is 0.271. The molecule has 3 heteroatoms. The van der Waals surface area contributed by atoms with E-state index in [1.54, 1.807) is 0 Å². The highest BCUT2D eigenvalue weighted by Gasteiger charge is 1.92. The van der Waals surface area contributed by atoms with Crippen molar-refractivity contribution in [3.05, 3.63) is 11.8 Å². The number of hydrogen-bond donors (Lipinski definition) is 2. The van der Waals surface area contributed by atoms with E-state index in [4.69, 9.17) is 11.5 Å². The Bertz CT molecular complexity index is 118. The first-order chi connectivity index (χ1) is 3.68. The number of hydrogen-bond acceptors (Lipinski definition) is 3. The Morgan fingerprint density at radius 1 is 1.75 bits per heavy atom. The molecule has 0 bridgehead atoms. The lowest BCUT2D eigenvalue weighted by atomic mass is 10.3. The quantitative estimate of drug-likeness (QED) is 0.470. The normalized spacial score (nSPS) is 11.5. The summed E-state index contributed by atoms with van der Waals surface area (Å²) in [5.74, 6) is -0.129. The van der Waals surface area contributed by atoms with Crippen molar-refractivity contribution in [3.63, 3.8) is 0 Å². The van der Waals surface area contributed by atoms with Gasteiger partial charge in [-0.2, -0.15) is 0 Å². The average Bonchev–Trinajstić information content (AvgIpc) is 1.67. The minimum atomic E-state index is -0.129. The summed E-state index contributed by atoms with van der Waals surface area (Å²) >= 11 is 0. The molecule has 0 saturated heterocycles. The fourth-order valence-electron chi connectivity index (χ4n) is 0.271. The summed E-state index contributed by atoms with van der Waals surface area (Å²) in [5, 5.41) is 0. The Morgan fingerprint density at radius 3 is 2.38 bits per heavy atom. The average molecular weight is 114 g/mol. The monoisotopic (exact) mass is 114 g/mol. The van der Waals surface area contributed by atoms with Gasteiger partial charge in [-0.05, 0) is 6.08 Å². The Morgan fingerprint density at radius 2 is 2.25 bits per heavy atom. The maximum absolute atomic E-state index is 10.3. The Balaban J connectivity index is 3.80. The molecule has 0 radical (unpaired) electrons. The molecule has 0 unspecified atom stereocenters. The molecule has 0 amide bonds. The molecular formula is C5H10N2O. The highest BCUT2D eigenvalue weighted by molar-refractivity contribution is 5.92. The van der Waals surface area contributed by atoms with Gasteiger partial charge in [0.2, 0.25) is 0 Å². The summed E-state index contributed by atoms with van der Waals surface area (Å²) in [6.45, 7) is 1.73. The molecule has 3 nitrogen and oxygen atoms in total. The van der Waals surface area contributed by atoms with E-state index in [0.29, 0.717) is 6.54 Å². The van der Waals surface area contributed by atoms with Crippen LogP contribution < -0.4 is 11.5 Å². The molecule has 0 rings (SSSR count). The fraction of sp³-hybridized carbons (Fsp3) is 0.400. The third-order valence-corrected chi connectivity index (χ3v) is 0.744. The van der Waals surface area contributed by atoms with Gasteiger partial charge in [0.25, 0.3) is 0 Å². The van der Waals surface area contributed by atoms with Crippen LogP contribution in [0.25, 0.3) is 0 Å². The van der Waals surface area contributed by atoms with Gasteiger partial charge in [-0.25, -0.2) is 0 Å². The first-order valence-corrected chi connectivity index (χ1v) is 2.35. The summed E-state index contributed by atoms with van der Waals surface area (Å²) in [4.78, 5) is 10.3. The first-order valence-electron chi connectivity index (χ1n) is 2.35. The summed E-state index contributed by atoms with van der Waals surface area (Å²) in [7, 11) is 0. The van der Waals surface area contributed by atoms with Crippen molar-refractivity contribution in [1.82, 2.24) is 0 Å². The lowest BCUT2D eigenvalue weighted by molar-refractivity contribution is -0.113. The van der Waals surface area contributed by atoms with Crippen LogP contribution in [0.2, 0.25) is 0 Å². The van der Waals surface area contributed by atoms with Crippen molar-refractivity contribution in [3.8, 4) is 0 Å². The number of nitrogens with two attached hydrogens (primary N) is 2. The van der Waals surface area contributed by atoms with Gasteiger partial charge in [-0.15, -0.1) is 0 Å². The van der Waals surface area contributed by atoms with E-state index < -0.39 is 0 Å². The van der Waals surface area contributed by atoms with Gasteiger partial charge in [-0.3, -0.25) is 4.79 Å². The molecule has 0 aromatic rings. The van der Waals surface area contributed by atoms with Crippen LogP contribution in [0.4, 0.5) is 0 Å². The van der Waals surface area contributed by atoms with Crippen LogP contribution in [0.5, 0.6) is 0 Å². The maximum atomic E-state index is 10.3. The van der Waals surface area contributed by atoms with E-state index in [0.717, 1.165) is 0 Å². The topological polar surface area (TPSA) is 69.1 Å². The highest BCUT2D eigenvalue weighted by atomic mass is 16.1. The lowest BCUT2D eigenvalue weighted by Gasteiger charge is -1.89. The first kappa shape index (κ1) is 7.17. The standard InChI is InChI=1S/C5H10N2O/c1-4(8)5(7)2-3-6/h2H,3,6-7H2,1H3. The van der Waals surface area contributed by atoms with Gasteiger partial charge in [0.05, 0.1) is 5.70 Å². The Labute approximate surface area is 48.4 Å². The van der Waals surface area contributed by atoms with Crippen molar-refractivity contribution in [2.75, 3.05) is 6.54 Å². The summed E-state index contributed by atoms with van der Waals surface area (Å²) in [6.07, 6.45) is 1.49. The Kier molecular flexibility index (Phi) is 2.88. The van der Waals surface area contributed by atoms with Crippen LogP contribution in [0.1, 0.15) is 6.92 Å². The Hall–Kier alpha value is -0.830. The second-order valence-corrected chi connectivity index (χ2v) is 1.45. The molecule has 0 atom stereocenters. The van der Waals surface area contributed by atoms with E-state index in [9.17, 15) is 4.79 Å². The molecule has 0 aliphatic heterocycles. The summed E-state index contributed by atoms with van der Waals surface area (Å²) < 4.78 is 0. The predicted molar refractivity (Wildman–Crippen MR) is 32.0 cm³/mol. The zero-order valence-corrected chi connectivity index (χ0v) is 4.85. The molecule has 0 aliphatic carbocycles. The molecule has 8 heavy (non-hydrogen) atoms. The lowest BCUT2D eigenvalue weighted by Crippen LogP contribution is -2.09. The van der Waals surface area contributed by atoms with Crippen molar-refractivity contribution in [2.45, 2.75) is 6.92 Å². The SMILES string of the molecule is CC(=O)C(N)=CCN. The summed E-state index contributed by atoms with van der Waals surface area (Å²) in [5.41, 5.74) is 10.5. The minimum absolute atomic E-state index is 0.129. The van der Waals surface area contributed by atoms with E-state index >= 15 is 0 Å². The maximum Gasteiger partial charge on any atom is 0.175 e. The van der Waals surface area contributed by atoms with Crippen molar-refractivity contribution >= 4 is 5.78 Å². The number of Topliss-reactive ketones (excluding diaryl/α,β-unsaturated/α-hetero) is 1. The van der Waals surface area contributed by atoms with Crippen LogP contribution in [0, 0.1) is 0 Å². The third-order valence-electron chi connectivity index (χ3n) is 0.744. The van der Waals surface area contributed by atoms with Crippen LogP contribution in [0.3, 0.4) is 0 Å². The molecule has 0 heterocycles. The van der Waals surface area contributed by atoms with Crippen LogP contribution in [0.15, 0.2) is 11.8 Å². The molecule has 0 aromatic carbocycles. The van der Waals surface area contributed by atoms with Gasteiger partial charge in [0.1, 0.15) is 0 Å². The zero-order valence-electron chi connectivity index (χ0n) is 4.85. The van der Waals surface area contributed by atoms with Crippen LogP contribution >= 0.6 is 0 Å². The molecule has 4 N–H and O–H groups in total. The second kappa shape index (κ2) is 3.21. The van der Waals surface area contributed by atoms with E-state index in [1.165, 1.54) is 13.0 Å². The van der Waals surface area contributed by atoms with E-state index in [1.807, 2.05) is 0 Å². The van der Waals surface area contributed by atoms with Crippen LogP contribution in [-0.2, 0) is 4.79 Å². The van der Waals surface area contributed by atoms with Gasteiger partial charge in [0, 0.05) is 13.5 Å². The second-order valence-electron chi connectivity index (χ2n) is 1.45. The largest absolute Gasteiger partial charge is 0.396 e. The third kappa shape index (κ3) is 2.36. The van der Waals surface area contributed by atoms with Crippen LogP contribution in [-0.4, -0.2) is 12.3 Å². The van der Waals surface area contributed by atoms with E-state index in [2.05, 4.69) is 0 Å². The number of ketones is 1. The van der Waals surface area contributed by atoms with Gasteiger partial charge >= 0.3 is 0 Å². The van der Waals surface area contributed by atoms with Gasteiger partial charge < -0.3 is 11.5 Å².